The number of benzene rings is 2. The zero-order chi connectivity index (χ0) is 18.9. The summed E-state index contributed by atoms with van der Waals surface area (Å²) in [6.07, 6.45) is 2.13. The summed E-state index contributed by atoms with van der Waals surface area (Å²) in [4.78, 5) is 24.8. The minimum absolute atomic E-state index is 0.200. The zero-order valence-corrected chi connectivity index (χ0v) is 14.9. The number of carbonyl (C=O) groups excluding carboxylic acids is 2. The smallest absolute Gasteiger partial charge is 0.338 e. The van der Waals surface area contributed by atoms with Crippen LogP contribution < -0.4 is 5.32 Å². The molecular weight excluding hydrogens is 333 g/mol. The fraction of sp³-hybridized carbons (Fsp3) is 0.238. The number of hydrogen-bond acceptors (Lipinski definition) is 4. The number of esters is 1. The fourth-order valence-electron chi connectivity index (χ4n) is 3.21. The van der Waals surface area contributed by atoms with Crippen molar-refractivity contribution in [3.63, 3.8) is 0 Å². The molecule has 0 aliphatic carbocycles. The zero-order valence-electron chi connectivity index (χ0n) is 14.9. The van der Waals surface area contributed by atoms with E-state index >= 15 is 0 Å². The lowest BCUT2D eigenvalue weighted by molar-refractivity contribution is 0.0597. The van der Waals surface area contributed by atoms with Gasteiger partial charge in [-0.2, -0.15) is 0 Å². The quantitative estimate of drug-likeness (QED) is 0.519. The molecule has 0 aromatic heterocycles. The fourth-order valence-corrected chi connectivity index (χ4v) is 3.21. The molecule has 5 heteroatoms. The van der Waals surface area contributed by atoms with Crippen molar-refractivity contribution >= 4 is 17.4 Å². The molecule has 1 heterocycles. The SMILES string of the molecule is COC(=O)c1ccccc1C(=O)/C=C1\NC(C)(C)Cc2ccc(F)cc21. The average molecular weight is 353 g/mol. The molecule has 0 amide bonds. The number of methoxy groups -OCH3 is 1. The van der Waals surface area contributed by atoms with Crippen LogP contribution in [0, 0.1) is 5.82 Å². The number of nitrogens with one attached hydrogen (secondary N) is 1. The van der Waals surface area contributed by atoms with Crippen molar-refractivity contribution in [3.05, 3.63) is 76.6 Å². The van der Waals surface area contributed by atoms with E-state index in [2.05, 4.69) is 5.32 Å². The summed E-state index contributed by atoms with van der Waals surface area (Å²) in [5.74, 6) is -1.28. The monoisotopic (exact) mass is 353 g/mol. The Morgan fingerprint density at radius 2 is 1.85 bits per heavy atom. The normalized spacial score (nSPS) is 16.5. The Labute approximate surface area is 151 Å². The van der Waals surface area contributed by atoms with Crippen LogP contribution in [0.15, 0.2) is 48.5 Å². The van der Waals surface area contributed by atoms with Crippen LogP contribution in [0.5, 0.6) is 0 Å². The Hall–Kier alpha value is -2.95. The molecule has 1 aliphatic heterocycles. The van der Waals surface area contributed by atoms with Gasteiger partial charge in [-0.3, -0.25) is 4.79 Å². The molecule has 0 fully saturated rings. The Morgan fingerprint density at radius 3 is 2.54 bits per heavy atom. The Morgan fingerprint density at radius 1 is 1.15 bits per heavy atom. The lowest BCUT2D eigenvalue weighted by Crippen LogP contribution is -2.43. The van der Waals surface area contributed by atoms with Gasteiger partial charge in [-0.05, 0) is 44.0 Å². The highest BCUT2D eigenvalue weighted by molar-refractivity contribution is 6.14. The topological polar surface area (TPSA) is 55.4 Å². The Kier molecular flexibility index (Phi) is 4.64. The number of halogens is 1. The Balaban J connectivity index is 2.07. The maximum absolute atomic E-state index is 13.7. The Bertz CT molecular complexity index is 915. The van der Waals surface area contributed by atoms with Gasteiger partial charge >= 0.3 is 5.97 Å². The molecule has 0 spiro atoms. The van der Waals surface area contributed by atoms with Crippen LogP contribution in [0.25, 0.3) is 5.70 Å². The highest BCUT2D eigenvalue weighted by Crippen LogP contribution is 2.30. The van der Waals surface area contributed by atoms with Gasteiger partial charge in [-0.1, -0.05) is 24.3 Å². The van der Waals surface area contributed by atoms with E-state index in [1.54, 1.807) is 30.3 Å². The molecule has 26 heavy (non-hydrogen) atoms. The van der Waals surface area contributed by atoms with Crippen LogP contribution in [-0.2, 0) is 11.2 Å². The van der Waals surface area contributed by atoms with Crippen molar-refractivity contribution in [2.45, 2.75) is 25.8 Å². The van der Waals surface area contributed by atoms with Gasteiger partial charge in [0.25, 0.3) is 0 Å². The van der Waals surface area contributed by atoms with Crippen LogP contribution in [-0.4, -0.2) is 24.4 Å². The molecule has 134 valence electrons. The van der Waals surface area contributed by atoms with Crippen LogP contribution in [0.1, 0.15) is 45.7 Å². The average Bonchev–Trinajstić information content (AvgIpc) is 2.61. The predicted octanol–water partition coefficient (Wildman–Crippen LogP) is 3.76. The first-order valence-electron chi connectivity index (χ1n) is 8.31. The van der Waals surface area contributed by atoms with Gasteiger partial charge < -0.3 is 10.1 Å². The van der Waals surface area contributed by atoms with Crippen molar-refractivity contribution in [3.8, 4) is 0 Å². The number of fused-ring (bicyclic) bond motifs is 1. The molecule has 4 nitrogen and oxygen atoms in total. The summed E-state index contributed by atoms with van der Waals surface area (Å²) in [5, 5.41) is 3.30. The summed E-state index contributed by atoms with van der Waals surface area (Å²) in [7, 11) is 1.27. The molecule has 2 aromatic rings. The summed E-state index contributed by atoms with van der Waals surface area (Å²) in [6, 6.07) is 11.1. The molecule has 2 aromatic carbocycles. The van der Waals surface area contributed by atoms with Crippen LogP contribution in [0.4, 0.5) is 4.39 Å². The molecule has 0 atom stereocenters. The van der Waals surface area contributed by atoms with E-state index in [1.807, 2.05) is 13.8 Å². The third-order valence-electron chi connectivity index (χ3n) is 4.34. The molecule has 3 rings (SSSR count). The van der Waals surface area contributed by atoms with Gasteiger partial charge in [0.1, 0.15) is 5.82 Å². The standard InChI is InChI=1S/C21H20FNO3/c1-21(2)12-13-8-9-14(22)10-17(13)18(23-21)11-19(24)15-6-4-5-7-16(15)20(25)26-3/h4-11,23H,12H2,1-3H3/b18-11-. The first kappa shape index (κ1) is 17.9. The number of carbonyl (C=O) groups is 2. The first-order valence-corrected chi connectivity index (χ1v) is 8.31. The lowest BCUT2D eigenvalue weighted by Gasteiger charge is -2.35. The molecule has 0 radical (unpaired) electrons. The number of ether oxygens (including phenoxy) is 1. The van der Waals surface area contributed by atoms with Crippen molar-refractivity contribution in [2.75, 3.05) is 7.11 Å². The second-order valence-corrected chi connectivity index (χ2v) is 6.95. The third-order valence-corrected chi connectivity index (χ3v) is 4.34. The van der Waals surface area contributed by atoms with E-state index in [0.717, 1.165) is 5.56 Å². The van der Waals surface area contributed by atoms with Crippen molar-refractivity contribution in [1.82, 2.24) is 5.32 Å². The predicted molar refractivity (Wildman–Crippen MR) is 97.4 cm³/mol. The summed E-state index contributed by atoms with van der Waals surface area (Å²) < 4.78 is 18.5. The maximum atomic E-state index is 13.7. The number of hydrogen-bond donors (Lipinski definition) is 1. The van der Waals surface area contributed by atoms with Gasteiger partial charge in [0.2, 0.25) is 0 Å². The van der Waals surface area contributed by atoms with Gasteiger partial charge in [-0.15, -0.1) is 0 Å². The summed E-state index contributed by atoms with van der Waals surface area (Å²) in [6.45, 7) is 4.03. The van der Waals surface area contributed by atoms with Crippen LogP contribution in [0.3, 0.4) is 0 Å². The highest BCUT2D eigenvalue weighted by atomic mass is 19.1. The molecule has 0 saturated heterocycles. The van der Waals surface area contributed by atoms with E-state index in [0.29, 0.717) is 17.7 Å². The van der Waals surface area contributed by atoms with Crippen LogP contribution in [0.2, 0.25) is 0 Å². The van der Waals surface area contributed by atoms with E-state index in [1.165, 1.54) is 25.3 Å². The van der Waals surface area contributed by atoms with E-state index in [4.69, 9.17) is 4.74 Å². The lowest BCUT2D eigenvalue weighted by atomic mass is 9.85. The second-order valence-electron chi connectivity index (χ2n) is 6.95. The molecule has 0 saturated carbocycles. The minimum atomic E-state index is -0.573. The van der Waals surface area contributed by atoms with Gasteiger partial charge in [-0.25, -0.2) is 9.18 Å². The summed E-state index contributed by atoms with van der Waals surface area (Å²) in [5.41, 5.74) is 2.34. The third kappa shape index (κ3) is 3.52. The largest absolute Gasteiger partial charge is 0.465 e. The van der Waals surface area contributed by atoms with Crippen LogP contribution >= 0.6 is 0 Å². The maximum Gasteiger partial charge on any atom is 0.338 e. The molecule has 0 bridgehead atoms. The highest BCUT2D eigenvalue weighted by Gasteiger charge is 2.28. The van der Waals surface area contributed by atoms with Gasteiger partial charge in [0.05, 0.1) is 12.7 Å². The summed E-state index contributed by atoms with van der Waals surface area (Å²) >= 11 is 0. The molecule has 1 N–H and O–H groups in total. The molecule has 0 unspecified atom stereocenters. The number of ketones is 1. The minimum Gasteiger partial charge on any atom is -0.465 e. The van der Waals surface area contributed by atoms with Gasteiger partial charge in [0.15, 0.2) is 5.78 Å². The number of allylic oxidation sites excluding steroid dienone is 1. The number of rotatable bonds is 3. The van der Waals surface area contributed by atoms with E-state index in [-0.39, 0.29) is 28.3 Å². The molecule has 1 aliphatic rings. The molecular formula is C21H20FNO3. The van der Waals surface area contributed by atoms with Gasteiger partial charge in [0, 0.05) is 28.4 Å². The van der Waals surface area contributed by atoms with E-state index < -0.39 is 5.97 Å². The first-order chi connectivity index (χ1) is 12.3. The van der Waals surface area contributed by atoms with Crippen molar-refractivity contribution < 1.29 is 18.7 Å². The van der Waals surface area contributed by atoms with Crippen molar-refractivity contribution in [2.24, 2.45) is 0 Å². The second kappa shape index (κ2) is 6.75. The van der Waals surface area contributed by atoms with E-state index in [9.17, 15) is 14.0 Å². The van der Waals surface area contributed by atoms with Crippen molar-refractivity contribution in [1.29, 1.82) is 0 Å².